The van der Waals surface area contributed by atoms with E-state index in [4.69, 9.17) is 16.3 Å². The van der Waals surface area contributed by atoms with Crippen LogP contribution in [0.4, 0.5) is 0 Å². The van der Waals surface area contributed by atoms with Crippen molar-refractivity contribution >= 4 is 27.5 Å². The number of nitrogens with one attached hydrogen (secondary N) is 1. The number of likely N-dealkylation sites (tertiary alicyclic amines) is 1. The fourth-order valence-electron chi connectivity index (χ4n) is 3.16. The number of ether oxygens (including phenoxy) is 1. The van der Waals surface area contributed by atoms with Crippen LogP contribution in [0.25, 0.3) is 0 Å². The summed E-state index contributed by atoms with van der Waals surface area (Å²) in [5, 5.41) is 0.490. The lowest BCUT2D eigenvalue weighted by Crippen LogP contribution is -2.38. The first-order chi connectivity index (χ1) is 13.9. The van der Waals surface area contributed by atoms with Crippen LogP contribution >= 0.6 is 11.6 Å². The number of halogens is 1. The van der Waals surface area contributed by atoms with Crippen LogP contribution < -0.4 is 9.46 Å². The Kier molecular flexibility index (Phi) is 7.52. The molecule has 1 heterocycles. The molecule has 8 heteroatoms. The molecular weight excluding hydrogens is 412 g/mol. The molecule has 6 nitrogen and oxygen atoms in total. The van der Waals surface area contributed by atoms with Gasteiger partial charge in [0.2, 0.25) is 10.0 Å². The van der Waals surface area contributed by atoms with E-state index < -0.39 is 10.0 Å². The predicted molar refractivity (Wildman–Crippen MR) is 113 cm³/mol. The summed E-state index contributed by atoms with van der Waals surface area (Å²) < 4.78 is 32.7. The lowest BCUT2D eigenvalue weighted by molar-refractivity contribution is -0.134. The van der Waals surface area contributed by atoms with Gasteiger partial charge in [-0.3, -0.25) is 4.79 Å². The van der Waals surface area contributed by atoms with Gasteiger partial charge in [-0.2, -0.15) is 0 Å². The summed E-state index contributed by atoms with van der Waals surface area (Å²) in [7, 11) is -3.56. The van der Waals surface area contributed by atoms with Gasteiger partial charge in [-0.25, -0.2) is 13.1 Å². The molecule has 1 fully saturated rings. The van der Waals surface area contributed by atoms with Crippen molar-refractivity contribution < 1.29 is 17.9 Å². The molecule has 1 aliphatic heterocycles. The number of amides is 1. The van der Waals surface area contributed by atoms with Crippen molar-refractivity contribution in [3.8, 4) is 5.75 Å². The third-order valence-corrected chi connectivity index (χ3v) is 6.55. The molecule has 1 saturated heterocycles. The van der Waals surface area contributed by atoms with Crippen molar-refractivity contribution in [3.63, 3.8) is 0 Å². The monoisotopic (exact) mass is 436 g/mol. The quantitative estimate of drug-likeness (QED) is 0.689. The average Bonchev–Trinajstić information content (AvgIpc) is 2.74. The lowest BCUT2D eigenvalue weighted by atomic mass is 10.1. The van der Waals surface area contributed by atoms with Crippen molar-refractivity contribution in [2.24, 2.45) is 0 Å². The maximum atomic E-state index is 12.3. The summed E-state index contributed by atoms with van der Waals surface area (Å²) in [6.45, 7) is 1.94. The molecule has 0 atom stereocenters. The Morgan fingerprint density at radius 1 is 1.00 bits per heavy atom. The van der Waals surface area contributed by atoms with Crippen molar-refractivity contribution in [1.82, 2.24) is 9.62 Å². The Bertz CT molecular complexity index is 909. The van der Waals surface area contributed by atoms with Crippen LogP contribution in [0.3, 0.4) is 0 Å². The summed E-state index contributed by atoms with van der Waals surface area (Å²) in [5.74, 6) is 0.645. The van der Waals surface area contributed by atoms with Gasteiger partial charge in [0.15, 0.2) is 6.61 Å². The molecule has 3 rings (SSSR count). The molecule has 2 aromatic carbocycles. The second kappa shape index (κ2) is 10.1. The van der Waals surface area contributed by atoms with Crippen LogP contribution in [0.2, 0.25) is 5.02 Å². The maximum Gasteiger partial charge on any atom is 0.260 e. The van der Waals surface area contributed by atoms with Crippen LogP contribution in [0.5, 0.6) is 5.75 Å². The molecule has 2 aromatic rings. The van der Waals surface area contributed by atoms with Crippen molar-refractivity contribution in [2.45, 2.75) is 30.6 Å². The smallest absolute Gasteiger partial charge is 0.260 e. The first kappa shape index (κ1) is 21.6. The van der Waals surface area contributed by atoms with Gasteiger partial charge in [0.05, 0.1) is 4.90 Å². The number of sulfonamides is 1. The van der Waals surface area contributed by atoms with Gasteiger partial charge in [0.25, 0.3) is 5.91 Å². The SMILES string of the molecule is O=C(COc1ccc(CCNS(=O)(=O)c2ccc(Cl)cc2)cc1)N1CCCCC1. The fraction of sp³-hybridized carbons (Fsp3) is 0.381. The number of carbonyl (C=O) groups is 1. The number of hydrogen-bond donors (Lipinski definition) is 1. The normalized spacial score (nSPS) is 14.6. The number of nitrogens with zero attached hydrogens (tertiary/aromatic N) is 1. The molecule has 0 saturated carbocycles. The summed E-state index contributed by atoms with van der Waals surface area (Å²) in [4.78, 5) is 14.2. The number of rotatable bonds is 8. The fourth-order valence-corrected chi connectivity index (χ4v) is 4.32. The van der Waals surface area contributed by atoms with Gasteiger partial charge >= 0.3 is 0 Å². The molecule has 1 amide bonds. The Morgan fingerprint density at radius 2 is 1.66 bits per heavy atom. The summed E-state index contributed by atoms with van der Waals surface area (Å²) >= 11 is 5.79. The Labute approximate surface area is 176 Å². The molecule has 0 aromatic heterocycles. The van der Waals surface area contributed by atoms with Crippen LogP contribution in [0.1, 0.15) is 24.8 Å². The molecule has 0 radical (unpaired) electrons. The van der Waals surface area contributed by atoms with Crippen molar-refractivity contribution in [3.05, 3.63) is 59.1 Å². The zero-order chi connectivity index (χ0) is 20.7. The molecule has 0 unspecified atom stereocenters. The van der Waals surface area contributed by atoms with Crippen molar-refractivity contribution in [1.29, 1.82) is 0 Å². The third-order valence-electron chi connectivity index (χ3n) is 4.82. The van der Waals surface area contributed by atoms with Crippen LogP contribution in [-0.2, 0) is 21.2 Å². The van der Waals surface area contributed by atoms with Gasteiger partial charge in [0.1, 0.15) is 5.75 Å². The Hall–Kier alpha value is -2.09. The molecule has 29 heavy (non-hydrogen) atoms. The van der Waals surface area contributed by atoms with Crippen molar-refractivity contribution in [2.75, 3.05) is 26.2 Å². The standard InChI is InChI=1S/C21H25ClN2O4S/c22-18-6-10-20(11-7-18)29(26,27)23-13-12-17-4-8-19(9-5-17)28-16-21(25)24-14-2-1-3-15-24/h4-11,23H,1-3,12-16H2. The third kappa shape index (κ3) is 6.45. The van der Waals surface area contributed by atoms with Gasteiger partial charge in [-0.05, 0) is 67.6 Å². The minimum absolute atomic E-state index is 0.0189. The van der Waals surface area contributed by atoms with E-state index in [1.54, 1.807) is 24.3 Å². The zero-order valence-electron chi connectivity index (χ0n) is 16.1. The van der Waals surface area contributed by atoms with Crippen LogP contribution in [-0.4, -0.2) is 45.5 Å². The maximum absolute atomic E-state index is 12.3. The summed E-state index contributed by atoms with van der Waals surface area (Å²) in [6.07, 6.45) is 3.84. The van der Waals surface area contributed by atoms with E-state index in [-0.39, 0.29) is 24.0 Å². The highest BCUT2D eigenvalue weighted by Crippen LogP contribution is 2.15. The first-order valence-electron chi connectivity index (χ1n) is 9.69. The number of piperidine rings is 1. The Morgan fingerprint density at radius 3 is 2.31 bits per heavy atom. The second-order valence-electron chi connectivity index (χ2n) is 6.98. The Balaban J connectivity index is 1.44. The topological polar surface area (TPSA) is 75.7 Å². The highest BCUT2D eigenvalue weighted by Gasteiger charge is 2.17. The van der Waals surface area contributed by atoms with Gasteiger partial charge in [-0.1, -0.05) is 23.7 Å². The molecule has 0 spiro atoms. The van der Waals surface area contributed by atoms with Crippen LogP contribution in [0, 0.1) is 0 Å². The second-order valence-corrected chi connectivity index (χ2v) is 9.18. The van der Waals surface area contributed by atoms with E-state index in [9.17, 15) is 13.2 Å². The number of benzene rings is 2. The first-order valence-corrected chi connectivity index (χ1v) is 11.5. The predicted octanol–water partition coefficient (Wildman–Crippen LogP) is 3.25. The minimum atomic E-state index is -3.56. The van der Waals surface area contributed by atoms with E-state index in [1.165, 1.54) is 18.6 Å². The summed E-state index contributed by atoms with van der Waals surface area (Å²) in [5.41, 5.74) is 0.971. The number of carbonyl (C=O) groups excluding carboxylic acids is 1. The van der Waals surface area contributed by atoms with Gasteiger partial charge in [-0.15, -0.1) is 0 Å². The minimum Gasteiger partial charge on any atom is -0.484 e. The molecule has 1 aliphatic rings. The molecule has 156 valence electrons. The van der Waals surface area contributed by atoms with E-state index in [1.807, 2.05) is 17.0 Å². The molecule has 0 bridgehead atoms. The van der Waals surface area contributed by atoms with Gasteiger partial charge < -0.3 is 9.64 Å². The number of hydrogen-bond acceptors (Lipinski definition) is 4. The molecule has 0 aliphatic carbocycles. The van der Waals surface area contributed by atoms with Gasteiger partial charge in [0, 0.05) is 24.7 Å². The van der Waals surface area contributed by atoms with E-state index in [2.05, 4.69) is 4.72 Å². The molecular formula is C21H25ClN2O4S. The highest BCUT2D eigenvalue weighted by molar-refractivity contribution is 7.89. The van der Waals surface area contributed by atoms with Crippen LogP contribution in [0.15, 0.2) is 53.4 Å². The largest absolute Gasteiger partial charge is 0.484 e. The van der Waals surface area contributed by atoms with E-state index >= 15 is 0 Å². The highest BCUT2D eigenvalue weighted by atomic mass is 35.5. The van der Waals surface area contributed by atoms with E-state index in [0.717, 1.165) is 31.5 Å². The molecule has 1 N–H and O–H groups in total. The van der Waals surface area contributed by atoms with E-state index in [0.29, 0.717) is 17.2 Å². The summed E-state index contributed by atoms with van der Waals surface area (Å²) in [6, 6.07) is 13.4. The lowest BCUT2D eigenvalue weighted by Gasteiger charge is -2.26. The average molecular weight is 437 g/mol. The zero-order valence-corrected chi connectivity index (χ0v) is 17.7.